The molecule has 0 spiro atoms. The molecule has 104 valence electrons. The molecule has 4 heteroatoms. The minimum atomic E-state index is 0.620. The maximum atomic E-state index is 9.03. The van der Waals surface area contributed by atoms with Crippen LogP contribution in [0.3, 0.4) is 0 Å². The molecule has 0 aliphatic heterocycles. The zero-order valence-electron chi connectivity index (χ0n) is 11.7. The highest BCUT2D eigenvalue weighted by atomic mass is 35.5. The van der Waals surface area contributed by atoms with E-state index >= 15 is 0 Å². The summed E-state index contributed by atoms with van der Waals surface area (Å²) in [5, 5.41) is 9.72. The Hall–Kier alpha value is -2.31. The van der Waals surface area contributed by atoms with E-state index in [0.29, 0.717) is 10.6 Å². The standard InChI is InChI=1S/C17H14ClN3/c1-2-9-21-16-8-7-12(11-19)10-15(16)20-17(21)13-5-3-4-6-14(13)18/h3-8,10H,2,9H2,1H3. The van der Waals surface area contributed by atoms with Crippen LogP contribution in [0.5, 0.6) is 0 Å². The predicted octanol–water partition coefficient (Wildman–Crippen LogP) is 4.64. The number of hydrogen-bond donors (Lipinski definition) is 0. The van der Waals surface area contributed by atoms with E-state index in [1.54, 1.807) is 0 Å². The predicted molar refractivity (Wildman–Crippen MR) is 85.2 cm³/mol. The first kappa shape index (κ1) is 13.7. The van der Waals surface area contributed by atoms with Crippen molar-refractivity contribution >= 4 is 22.6 Å². The van der Waals surface area contributed by atoms with E-state index in [1.165, 1.54) is 0 Å². The Balaban J connectivity index is 2.29. The zero-order valence-corrected chi connectivity index (χ0v) is 12.4. The molecule has 0 amide bonds. The number of nitrogens with zero attached hydrogens (tertiary/aromatic N) is 3. The second-order valence-corrected chi connectivity index (χ2v) is 5.29. The monoisotopic (exact) mass is 295 g/mol. The molecule has 0 fully saturated rings. The first-order valence-corrected chi connectivity index (χ1v) is 7.27. The largest absolute Gasteiger partial charge is 0.324 e. The fourth-order valence-corrected chi connectivity index (χ4v) is 2.72. The highest BCUT2D eigenvalue weighted by molar-refractivity contribution is 6.33. The average molecular weight is 296 g/mol. The van der Waals surface area contributed by atoms with Crippen LogP contribution in [0.15, 0.2) is 42.5 Å². The molecule has 21 heavy (non-hydrogen) atoms. The van der Waals surface area contributed by atoms with Crippen LogP contribution in [-0.4, -0.2) is 9.55 Å². The van der Waals surface area contributed by atoms with E-state index in [1.807, 2.05) is 42.5 Å². The first-order valence-electron chi connectivity index (χ1n) is 6.90. The number of benzene rings is 2. The Morgan fingerprint density at radius 3 is 2.76 bits per heavy atom. The minimum Gasteiger partial charge on any atom is -0.324 e. The van der Waals surface area contributed by atoms with Crippen molar-refractivity contribution in [3.63, 3.8) is 0 Å². The van der Waals surface area contributed by atoms with Gasteiger partial charge in [-0.3, -0.25) is 0 Å². The Labute approximate surface area is 128 Å². The van der Waals surface area contributed by atoms with Crippen molar-refractivity contribution in [1.82, 2.24) is 9.55 Å². The average Bonchev–Trinajstić information content (AvgIpc) is 2.86. The number of imidazole rings is 1. The molecule has 0 saturated heterocycles. The second kappa shape index (κ2) is 5.59. The number of aryl methyl sites for hydroxylation is 1. The van der Waals surface area contributed by atoms with Crippen molar-refractivity contribution in [1.29, 1.82) is 5.26 Å². The van der Waals surface area contributed by atoms with Crippen LogP contribution in [-0.2, 0) is 6.54 Å². The lowest BCUT2D eigenvalue weighted by Gasteiger charge is -2.08. The van der Waals surface area contributed by atoms with Crippen LogP contribution >= 0.6 is 11.6 Å². The molecule has 0 N–H and O–H groups in total. The van der Waals surface area contributed by atoms with Crippen LogP contribution in [0.25, 0.3) is 22.4 Å². The number of hydrogen-bond acceptors (Lipinski definition) is 2. The number of rotatable bonds is 3. The van der Waals surface area contributed by atoms with Gasteiger partial charge in [0.1, 0.15) is 5.82 Å². The lowest BCUT2D eigenvalue weighted by molar-refractivity contribution is 0.704. The van der Waals surface area contributed by atoms with Gasteiger partial charge in [-0.2, -0.15) is 5.26 Å². The summed E-state index contributed by atoms with van der Waals surface area (Å²) in [4.78, 5) is 4.70. The van der Waals surface area contributed by atoms with Crippen molar-refractivity contribution in [2.24, 2.45) is 0 Å². The van der Waals surface area contributed by atoms with Crippen molar-refractivity contribution < 1.29 is 0 Å². The molecule has 0 bridgehead atoms. The SMILES string of the molecule is CCCn1c(-c2ccccc2Cl)nc2cc(C#N)ccc21. The van der Waals surface area contributed by atoms with E-state index < -0.39 is 0 Å². The van der Waals surface area contributed by atoms with Crippen molar-refractivity contribution in [2.45, 2.75) is 19.9 Å². The summed E-state index contributed by atoms with van der Waals surface area (Å²) in [5.41, 5.74) is 3.40. The summed E-state index contributed by atoms with van der Waals surface area (Å²) >= 11 is 6.31. The van der Waals surface area contributed by atoms with Gasteiger partial charge in [-0.25, -0.2) is 4.98 Å². The number of fused-ring (bicyclic) bond motifs is 1. The second-order valence-electron chi connectivity index (χ2n) is 4.88. The highest BCUT2D eigenvalue weighted by Gasteiger charge is 2.14. The fourth-order valence-electron chi connectivity index (χ4n) is 2.50. The van der Waals surface area contributed by atoms with Crippen LogP contribution < -0.4 is 0 Å². The van der Waals surface area contributed by atoms with E-state index in [4.69, 9.17) is 21.8 Å². The molecule has 0 radical (unpaired) electrons. The quantitative estimate of drug-likeness (QED) is 0.706. The molecule has 3 rings (SSSR count). The van der Waals surface area contributed by atoms with Gasteiger partial charge in [-0.15, -0.1) is 0 Å². The summed E-state index contributed by atoms with van der Waals surface area (Å²) in [5.74, 6) is 0.854. The van der Waals surface area contributed by atoms with Gasteiger partial charge in [0.15, 0.2) is 0 Å². The molecule has 1 heterocycles. The van der Waals surface area contributed by atoms with Crippen LogP contribution in [0, 0.1) is 11.3 Å². The number of nitriles is 1. The van der Waals surface area contributed by atoms with Crippen molar-refractivity contribution in [3.8, 4) is 17.5 Å². The molecule has 0 aliphatic rings. The summed E-state index contributed by atoms with van der Waals surface area (Å²) in [7, 11) is 0. The van der Waals surface area contributed by atoms with Crippen LogP contribution in [0.2, 0.25) is 5.02 Å². The Morgan fingerprint density at radius 1 is 1.24 bits per heavy atom. The molecule has 1 aromatic heterocycles. The van der Waals surface area contributed by atoms with E-state index in [2.05, 4.69) is 17.6 Å². The van der Waals surface area contributed by atoms with Crippen LogP contribution in [0.4, 0.5) is 0 Å². The summed E-state index contributed by atoms with van der Waals surface area (Å²) < 4.78 is 2.16. The maximum absolute atomic E-state index is 9.03. The van der Waals surface area contributed by atoms with Gasteiger partial charge >= 0.3 is 0 Å². The molecule has 0 atom stereocenters. The smallest absolute Gasteiger partial charge is 0.142 e. The molecule has 0 aliphatic carbocycles. The zero-order chi connectivity index (χ0) is 14.8. The molecular formula is C17H14ClN3. The van der Waals surface area contributed by atoms with Gasteiger partial charge in [0.25, 0.3) is 0 Å². The molecule has 2 aromatic carbocycles. The Kier molecular flexibility index (Phi) is 3.64. The minimum absolute atomic E-state index is 0.620. The van der Waals surface area contributed by atoms with Gasteiger partial charge in [0.2, 0.25) is 0 Å². The topological polar surface area (TPSA) is 41.6 Å². The van der Waals surface area contributed by atoms with Gasteiger partial charge in [0.05, 0.1) is 27.7 Å². The normalized spacial score (nSPS) is 10.7. The third-order valence-corrected chi connectivity index (χ3v) is 3.77. The van der Waals surface area contributed by atoms with Gasteiger partial charge in [0, 0.05) is 12.1 Å². The van der Waals surface area contributed by atoms with E-state index in [-0.39, 0.29) is 0 Å². The van der Waals surface area contributed by atoms with E-state index in [0.717, 1.165) is 35.4 Å². The number of halogens is 1. The highest BCUT2D eigenvalue weighted by Crippen LogP contribution is 2.30. The lowest BCUT2D eigenvalue weighted by Crippen LogP contribution is -2.00. The van der Waals surface area contributed by atoms with Crippen LogP contribution in [0.1, 0.15) is 18.9 Å². The lowest BCUT2D eigenvalue weighted by atomic mass is 10.2. The molecule has 3 aromatic rings. The summed E-state index contributed by atoms with van der Waals surface area (Å²) in [6, 6.07) is 15.5. The van der Waals surface area contributed by atoms with Gasteiger partial charge < -0.3 is 4.57 Å². The van der Waals surface area contributed by atoms with Crippen molar-refractivity contribution in [2.75, 3.05) is 0 Å². The molecule has 0 saturated carbocycles. The van der Waals surface area contributed by atoms with E-state index in [9.17, 15) is 0 Å². The number of aromatic nitrogens is 2. The third kappa shape index (κ3) is 2.39. The summed E-state index contributed by atoms with van der Waals surface area (Å²) in [6.07, 6.45) is 1.00. The third-order valence-electron chi connectivity index (χ3n) is 3.44. The first-order chi connectivity index (χ1) is 10.2. The van der Waals surface area contributed by atoms with Gasteiger partial charge in [-0.1, -0.05) is 30.7 Å². The molecule has 0 unspecified atom stereocenters. The Bertz CT molecular complexity index is 843. The molecular weight excluding hydrogens is 282 g/mol. The Morgan fingerprint density at radius 2 is 2.05 bits per heavy atom. The van der Waals surface area contributed by atoms with Gasteiger partial charge in [-0.05, 0) is 36.8 Å². The van der Waals surface area contributed by atoms with Crippen molar-refractivity contribution in [3.05, 3.63) is 53.1 Å². The molecule has 3 nitrogen and oxygen atoms in total. The maximum Gasteiger partial charge on any atom is 0.142 e. The fraction of sp³-hybridized carbons (Fsp3) is 0.176. The summed E-state index contributed by atoms with van der Waals surface area (Å²) in [6.45, 7) is 2.99.